The molecule has 0 atom stereocenters. The van der Waals surface area contributed by atoms with Crippen molar-refractivity contribution in [1.29, 1.82) is 0 Å². The Bertz CT molecular complexity index is 688. The van der Waals surface area contributed by atoms with E-state index in [9.17, 15) is 8.42 Å². The number of aryl methyl sites for hydroxylation is 2. The Hall–Kier alpha value is -1.22. The molecule has 6 nitrogen and oxygen atoms in total. The van der Waals surface area contributed by atoms with E-state index in [1.165, 1.54) is 11.3 Å². The van der Waals surface area contributed by atoms with Gasteiger partial charge < -0.3 is 5.32 Å². The minimum Gasteiger partial charge on any atom is -0.315 e. The number of hydrogen-bond acceptors (Lipinski definition) is 5. The average Bonchev–Trinajstić information content (AvgIpc) is 2.94. The highest BCUT2D eigenvalue weighted by Gasteiger charge is 2.22. The van der Waals surface area contributed by atoms with Crippen LogP contribution in [0.15, 0.2) is 22.5 Å². The fraction of sp³-hybridized carbons (Fsp3) is 0.417. The van der Waals surface area contributed by atoms with Crippen LogP contribution in [0.4, 0.5) is 0 Å². The number of rotatable bonds is 6. The first-order chi connectivity index (χ1) is 9.45. The van der Waals surface area contributed by atoms with Crippen LogP contribution in [-0.4, -0.2) is 25.2 Å². The standard InChI is InChI=1S/C12H18N4O2S2/c1-9-8-19-11(7-13-2)12(9)20(17,18)15-6-10-4-5-14-16(10)3/h4-5,8,13,15H,6-7H2,1-3H3. The van der Waals surface area contributed by atoms with Crippen molar-refractivity contribution in [3.05, 3.63) is 33.8 Å². The molecule has 0 saturated carbocycles. The lowest BCUT2D eigenvalue weighted by atomic mass is 10.3. The summed E-state index contributed by atoms with van der Waals surface area (Å²) in [5.74, 6) is 0. The topological polar surface area (TPSA) is 76.0 Å². The zero-order valence-electron chi connectivity index (χ0n) is 11.7. The van der Waals surface area contributed by atoms with Crippen molar-refractivity contribution in [1.82, 2.24) is 19.8 Å². The van der Waals surface area contributed by atoms with Crippen molar-refractivity contribution in [2.24, 2.45) is 7.05 Å². The predicted molar refractivity (Wildman–Crippen MR) is 79.1 cm³/mol. The van der Waals surface area contributed by atoms with Gasteiger partial charge in [-0.1, -0.05) is 0 Å². The molecule has 2 heterocycles. The summed E-state index contributed by atoms with van der Waals surface area (Å²) in [6.07, 6.45) is 1.64. The molecule has 0 radical (unpaired) electrons. The monoisotopic (exact) mass is 314 g/mol. The van der Waals surface area contributed by atoms with Gasteiger partial charge >= 0.3 is 0 Å². The molecule has 0 fully saturated rings. The molecule has 0 spiro atoms. The van der Waals surface area contributed by atoms with E-state index in [1.807, 2.05) is 12.3 Å². The lowest BCUT2D eigenvalue weighted by molar-refractivity contribution is 0.575. The van der Waals surface area contributed by atoms with Gasteiger partial charge in [0.15, 0.2) is 0 Å². The Morgan fingerprint density at radius 1 is 1.40 bits per heavy atom. The number of sulfonamides is 1. The smallest absolute Gasteiger partial charge is 0.242 e. The molecule has 110 valence electrons. The first-order valence-electron chi connectivity index (χ1n) is 6.14. The SMILES string of the molecule is CNCc1scc(C)c1S(=O)(=O)NCc1ccnn1C. The molecule has 0 aliphatic carbocycles. The van der Waals surface area contributed by atoms with Crippen LogP contribution in [0.5, 0.6) is 0 Å². The lowest BCUT2D eigenvalue weighted by Crippen LogP contribution is -2.26. The summed E-state index contributed by atoms with van der Waals surface area (Å²) in [6, 6.07) is 1.79. The van der Waals surface area contributed by atoms with Crippen molar-refractivity contribution in [2.75, 3.05) is 7.05 Å². The van der Waals surface area contributed by atoms with E-state index in [4.69, 9.17) is 0 Å². The minimum atomic E-state index is -3.51. The molecular weight excluding hydrogens is 296 g/mol. The highest BCUT2D eigenvalue weighted by Crippen LogP contribution is 2.26. The summed E-state index contributed by atoms with van der Waals surface area (Å²) in [5, 5.41) is 8.88. The summed E-state index contributed by atoms with van der Waals surface area (Å²) in [6.45, 7) is 2.59. The summed E-state index contributed by atoms with van der Waals surface area (Å²) >= 11 is 1.45. The van der Waals surface area contributed by atoms with Crippen LogP contribution in [0.3, 0.4) is 0 Å². The van der Waals surface area contributed by atoms with E-state index < -0.39 is 10.0 Å². The third-order valence-electron chi connectivity index (χ3n) is 2.96. The number of aromatic nitrogens is 2. The molecule has 8 heteroatoms. The van der Waals surface area contributed by atoms with Crippen LogP contribution >= 0.6 is 11.3 Å². The van der Waals surface area contributed by atoms with E-state index in [-0.39, 0.29) is 6.54 Å². The third-order valence-corrected chi connectivity index (χ3v) is 5.82. The van der Waals surface area contributed by atoms with Crippen molar-refractivity contribution in [3.8, 4) is 0 Å². The largest absolute Gasteiger partial charge is 0.315 e. The second-order valence-electron chi connectivity index (χ2n) is 4.47. The molecule has 2 rings (SSSR count). The molecule has 0 bridgehead atoms. The molecule has 2 N–H and O–H groups in total. The normalized spacial score (nSPS) is 11.9. The summed E-state index contributed by atoms with van der Waals surface area (Å²) in [5.41, 5.74) is 1.59. The molecule has 0 saturated heterocycles. The van der Waals surface area contributed by atoms with E-state index in [2.05, 4.69) is 15.1 Å². The second kappa shape index (κ2) is 6.04. The van der Waals surface area contributed by atoms with Gasteiger partial charge in [0.05, 0.1) is 12.2 Å². The molecule has 2 aromatic rings. The van der Waals surface area contributed by atoms with Gasteiger partial charge in [-0.2, -0.15) is 5.10 Å². The van der Waals surface area contributed by atoms with Crippen molar-refractivity contribution in [2.45, 2.75) is 24.9 Å². The van der Waals surface area contributed by atoms with E-state index in [0.29, 0.717) is 11.4 Å². The fourth-order valence-electron chi connectivity index (χ4n) is 1.95. The predicted octanol–water partition coefficient (Wildman–Crippen LogP) is 0.988. The Morgan fingerprint density at radius 2 is 2.15 bits per heavy atom. The van der Waals surface area contributed by atoms with E-state index in [1.54, 1.807) is 31.0 Å². The van der Waals surface area contributed by atoms with E-state index in [0.717, 1.165) is 16.1 Å². The molecule has 0 aromatic carbocycles. The van der Waals surface area contributed by atoms with Crippen LogP contribution < -0.4 is 10.0 Å². The van der Waals surface area contributed by atoms with Gasteiger partial charge in [-0.05, 0) is 31.0 Å². The lowest BCUT2D eigenvalue weighted by Gasteiger charge is -2.09. The highest BCUT2D eigenvalue weighted by atomic mass is 32.2. The first-order valence-corrected chi connectivity index (χ1v) is 8.50. The van der Waals surface area contributed by atoms with Crippen molar-refractivity contribution in [3.63, 3.8) is 0 Å². The molecule has 20 heavy (non-hydrogen) atoms. The van der Waals surface area contributed by atoms with Gasteiger partial charge in [0.25, 0.3) is 0 Å². The third kappa shape index (κ3) is 3.09. The molecular formula is C12H18N4O2S2. The number of thiophene rings is 1. The van der Waals surface area contributed by atoms with Gasteiger partial charge in [-0.25, -0.2) is 13.1 Å². The molecule has 0 unspecified atom stereocenters. The van der Waals surface area contributed by atoms with Gasteiger partial charge in [0.2, 0.25) is 10.0 Å². The zero-order valence-corrected chi connectivity index (χ0v) is 13.3. The summed E-state index contributed by atoms with van der Waals surface area (Å²) in [7, 11) is 0.0698. The number of hydrogen-bond donors (Lipinski definition) is 2. The quantitative estimate of drug-likeness (QED) is 0.833. The summed E-state index contributed by atoms with van der Waals surface area (Å²) in [4.78, 5) is 1.21. The van der Waals surface area contributed by atoms with Crippen molar-refractivity contribution >= 4 is 21.4 Å². The van der Waals surface area contributed by atoms with Gasteiger partial charge in [0, 0.05) is 24.7 Å². The Balaban J connectivity index is 2.22. The van der Waals surface area contributed by atoms with Gasteiger partial charge in [-0.3, -0.25) is 4.68 Å². The molecule has 0 aliphatic rings. The zero-order chi connectivity index (χ0) is 14.8. The van der Waals surface area contributed by atoms with Crippen LogP contribution in [-0.2, 0) is 30.2 Å². The number of nitrogens with zero attached hydrogens (tertiary/aromatic N) is 2. The Kier molecular flexibility index (Phi) is 4.59. The minimum absolute atomic E-state index is 0.229. The maximum absolute atomic E-state index is 12.5. The van der Waals surface area contributed by atoms with Crippen LogP contribution in [0, 0.1) is 6.92 Å². The Labute approximate surface area is 122 Å². The van der Waals surface area contributed by atoms with Crippen LogP contribution in [0.25, 0.3) is 0 Å². The first kappa shape index (κ1) is 15.2. The summed E-state index contributed by atoms with van der Waals surface area (Å²) < 4.78 is 29.2. The van der Waals surface area contributed by atoms with Gasteiger partial charge in [-0.15, -0.1) is 11.3 Å². The number of nitrogens with one attached hydrogen (secondary N) is 2. The van der Waals surface area contributed by atoms with Gasteiger partial charge in [0.1, 0.15) is 4.90 Å². The molecule has 2 aromatic heterocycles. The maximum atomic E-state index is 12.5. The fourth-order valence-corrected chi connectivity index (χ4v) is 4.76. The van der Waals surface area contributed by atoms with E-state index >= 15 is 0 Å². The Morgan fingerprint density at radius 3 is 2.75 bits per heavy atom. The molecule has 0 aliphatic heterocycles. The highest BCUT2D eigenvalue weighted by molar-refractivity contribution is 7.89. The van der Waals surface area contributed by atoms with Crippen molar-refractivity contribution < 1.29 is 8.42 Å². The molecule has 0 amide bonds. The average molecular weight is 314 g/mol. The van der Waals surface area contributed by atoms with Crippen LogP contribution in [0.1, 0.15) is 16.1 Å². The maximum Gasteiger partial charge on any atom is 0.242 e. The van der Waals surface area contributed by atoms with Crippen LogP contribution in [0.2, 0.25) is 0 Å². The second-order valence-corrected chi connectivity index (χ2v) is 7.14.